The number of ether oxygens (including phenoxy) is 1. The Hall–Kier alpha value is -2.30. The summed E-state index contributed by atoms with van der Waals surface area (Å²) in [4.78, 5) is 7.96. The van der Waals surface area contributed by atoms with Crippen molar-refractivity contribution in [3.05, 3.63) is 40.6 Å². The van der Waals surface area contributed by atoms with Crippen molar-refractivity contribution in [1.82, 2.24) is 9.97 Å². The largest absolute Gasteiger partial charge is 0.496 e. The van der Waals surface area contributed by atoms with Gasteiger partial charge in [0.05, 0.1) is 7.11 Å². The average molecular weight is 258 g/mol. The molecule has 0 amide bonds. The number of hydrogen-bond donors (Lipinski definition) is 2. The number of nitrogen functional groups attached to an aromatic ring is 2. The van der Waals surface area contributed by atoms with Crippen LogP contribution in [0, 0.1) is 13.8 Å². The van der Waals surface area contributed by atoms with Crippen molar-refractivity contribution in [1.29, 1.82) is 0 Å². The van der Waals surface area contributed by atoms with Gasteiger partial charge in [0.25, 0.3) is 0 Å². The lowest BCUT2D eigenvalue weighted by Gasteiger charge is -2.13. The Labute approximate surface area is 112 Å². The van der Waals surface area contributed by atoms with Gasteiger partial charge in [-0.05, 0) is 25.0 Å². The zero-order valence-electron chi connectivity index (χ0n) is 11.4. The summed E-state index contributed by atoms with van der Waals surface area (Å²) >= 11 is 0. The van der Waals surface area contributed by atoms with Crippen molar-refractivity contribution < 1.29 is 4.74 Å². The highest BCUT2D eigenvalue weighted by Crippen LogP contribution is 2.28. The van der Waals surface area contributed by atoms with Gasteiger partial charge in [-0.25, -0.2) is 4.98 Å². The maximum Gasteiger partial charge on any atom is 0.221 e. The smallest absolute Gasteiger partial charge is 0.221 e. The molecule has 0 radical (unpaired) electrons. The normalized spacial score (nSPS) is 10.5. The number of aromatic nitrogens is 2. The first-order chi connectivity index (χ1) is 9.01. The molecule has 0 fully saturated rings. The van der Waals surface area contributed by atoms with E-state index < -0.39 is 0 Å². The molecule has 0 aliphatic heterocycles. The number of hydrogen-bond acceptors (Lipinski definition) is 5. The Balaban J connectivity index is 2.42. The summed E-state index contributed by atoms with van der Waals surface area (Å²) in [5, 5.41) is 0. The summed E-state index contributed by atoms with van der Waals surface area (Å²) in [5.41, 5.74) is 15.6. The highest BCUT2D eigenvalue weighted by Gasteiger charge is 2.11. The minimum absolute atomic E-state index is 0.189. The lowest BCUT2D eigenvalue weighted by Crippen LogP contribution is -2.05. The van der Waals surface area contributed by atoms with Gasteiger partial charge in [0, 0.05) is 18.2 Å². The zero-order valence-corrected chi connectivity index (χ0v) is 11.4. The van der Waals surface area contributed by atoms with E-state index in [0.29, 0.717) is 12.2 Å². The second kappa shape index (κ2) is 5.14. The van der Waals surface area contributed by atoms with Crippen LogP contribution in [0.4, 0.5) is 11.8 Å². The molecular formula is C14H18N4O. The van der Waals surface area contributed by atoms with E-state index >= 15 is 0 Å². The average Bonchev–Trinajstić information content (AvgIpc) is 2.32. The monoisotopic (exact) mass is 258 g/mol. The van der Waals surface area contributed by atoms with Gasteiger partial charge in [0.15, 0.2) is 0 Å². The standard InChI is InChI=1S/C14H18N4O/c1-8-4-9(2)12(19-3)10(5-8)6-11-7-17-14(16)18-13(11)15/h4-5,7H,6H2,1-3H3,(H4,15,16,17,18). The van der Waals surface area contributed by atoms with E-state index in [0.717, 1.165) is 22.4 Å². The van der Waals surface area contributed by atoms with Crippen LogP contribution >= 0.6 is 0 Å². The number of anilines is 2. The van der Waals surface area contributed by atoms with Gasteiger partial charge >= 0.3 is 0 Å². The predicted octanol–water partition coefficient (Wildman–Crippen LogP) is 1.86. The Morgan fingerprint density at radius 3 is 2.53 bits per heavy atom. The number of methoxy groups -OCH3 is 1. The number of nitrogens with zero attached hydrogens (tertiary/aromatic N) is 2. The van der Waals surface area contributed by atoms with Crippen molar-refractivity contribution in [3.8, 4) is 5.75 Å². The molecule has 5 heteroatoms. The molecule has 4 N–H and O–H groups in total. The van der Waals surface area contributed by atoms with Crippen LogP contribution in [0.1, 0.15) is 22.3 Å². The maximum absolute atomic E-state index is 5.86. The highest BCUT2D eigenvalue weighted by atomic mass is 16.5. The van der Waals surface area contributed by atoms with E-state index in [9.17, 15) is 0 Å². The number of benzene rings is 1. The van der Waals surface area contributed by atoms with Gasteiger partial charge in [-0.2, -0.15) is 4.98 Å². The molecule has 5 nitrogen and oxygen atoms in total. The zero-order chi connectivity index (χ0) is 14.0. The van der Waals surface area contributed by atoms with Crippen LogP contribution in [0.25, 0.3) is 0 Å². The second-order valence-corrected chi connectivity index (χ2v) is 4.59. The molecule has 2 aromatic rings. The van der Waals surface area contributed by atoms with Crippen molar-refractivity contribution in [2.75, 3.05) is 18.6 Å². The summed E-state index contributed by atoms with van der Waals surface area (Å²) in [7, 11) is 1.67. The van der Waals surface area contributed by atoms with Crippen LogP contribution in [0.5, 0.6) is 5.75 Å². The molecule has 0 spiro atoms. The molecule has 0 bridgehead atoms. The van der Waals surface area contributed by atoms with E-state index in [1.807, 2.05) is 6.92 Å². The Morgan fingerprint density at radius 1 is 1.16 bits per heavy atom. The summed E-state index contributed by atoms with van der Waals surface area (Å²) < 4.78 is 5.46. The third-order valence-corrected chi connectivity index (χ3v) is 3.00. The lowest BCUT2D eigenvalue weighted by atomic mass is 10.00. The topological polar surface area (TPSA) is 87.0 Å². The molecule has 2 rings (SSSR count). The molecule has 1 aromatic heterocycles. The van der Waals surface area contributed by atoms with Crippen LogP contribution in [0.2, 0.25) is 0 Å². The van der Waals surface area contributed by atoms with Crippen LogP contribution in [0.15, 0.2) is 18.3 Å². The van der Waals surface area contributed by atoms with Crippen molar-refractivity contribution in [2.45, 2.75) is 20.3 Å². The number of rotatable bonds is 3. The van der Waals surface area contributed by atoms with E-state index in [1.165, 1.54) is 5.56 Å². The molecule has 0 aliphatic carbocycles. The molecule has 0 atom stereocenters. The number of nitrogens with two attached hydrogens (primary N) is 2. The second-order valence-electron chi connectivity index (χ2n) is 4.59. The molecule has 1 heterocycles. The molecule has 0 saturated carbocycles. The molecule has 1 aromatic carbocycles. The van der Waals surface area contributed by atoms with Crippen LogP contribution in [-0.2, 0) is 6.42 Å². The fourth-order valence-corrected chi connectivity index (χ4v) is 2.24. The van der Waals surface area contributed by atoms with Crippen LogP contribution in [-0.4, -0.2) is 17.1 Å². The molecular weight excluding hydrogens is 240 g/mol. The highest BCUT2D eigenvalue weighted by molar-refractivity contribution is 5.50. The fraction of sp³-hybridized carbons (Fsp3) is 0.286. The summed E-state index contributed by atoms with van der Waals surface area (Å²) in [6.45, 7) is 4.08. The summed E-state index contributed by atoms with van der Waals surface area (Å²) in [6, 6.07) is 4.17. The Morgan fingerprint density at radius 2 is 1.89 bits per heavy atom. The van der Waals surface area contributed by atoms with Gasteiger partial charge in [0.1, 0.15) is 11.6 Å². The van der Waals surface area contributed by atoms with Crippen molar-refractivity contribution in [2.24, 2.45) is 0 Å². The van der Waals surface area contributed by atoms with E-state index in [4.69, 9.17) is 16.2 Å². The van der Waals surface area contributed by atoms with E-state index in [1.54, 1.807) is 13.3 Å². The van der Waals surface area contributed by atoms with Crippen molar-refractivity contribution in [3.63, 3.8) is 0 Å². The number of aryl methyl sites for hydroxylation is 2. The van der Waals surface area contributed by atoms with Gasteiger partial charge < -0.3 is 16.2 Å². The quantitative estimate of drug-likeness (QED) is 0.877. The maximum atomic E-state index is 5.86. The first kappa shape index (κ1) is 13.1. The van der Waals surface area contributed by atoms with Crippen LogP contribution < -0.4 is 16.2 Å². The van der Waals surface area contributed by atoms with Gasteiger partial charge in [-0.3, -0.25) is 0 Å². The van der Waals surface area contributed by atoms with Gasteiger partial charge in [0.2, 0.25) is 5.95 Å². The van der Waals surface area contributed by atoms with E-state index in [2.05, 4.69) is 29.0 Å². The first-order valence-corrected chi connectivity index (χ1v) is 6.02. The molecule has 0 saturated heterocycles. The third-order valence-electron chi connectivity index (χ3n) is 3.00. The lowest BCUT2D eigenvalue weighted by molar-refractivity contribution is 0.407. The predicted molar refractivity (Wildman–Crippen MR) is 76.1 cm³/mol. The molecule has 19 heavy (non-hydrogen) atoms. The van der Waals surface area contributed by atoms with Crippen LogP contribution in [0.3, 0.4) is 0 Å². The minimum atomic E-state index is 0.189. The summed E-state index contributed by atoms with van der Waals surface area (Å²) in [5.74, 6) is 1.48. The molecule has 0 unspecified atom stereocenters. The van der Waals surface area contributed by atoms with E-state index in [-0.39, 0.29) is 5.95 Å². The molecule has 0 aliphatic rings. The van der Waals surface area contributed by atoms with Gasteiger partial charge in [-0.1, -0.05) is 17.7 Å². The summed E-state index contributed by atoms with van der Waals surface area (Å²) in [6.07, 6.45) is 2.28. The van der Waals surface area contributed by atoms with Gasteiger partial charge in [-0.15, -0.1) is 0 Å². The third kappa shape index (κ3) is 2.76. The minimum Gasteiger partial charge on any atom is -0.496 e. The fourth-order valence-electron chi connectivity index (χ4n) is 2.24. The SMILES string of the molecule is COc1c(C)cc(C)cc1Cc1cnc(N)nc1N. The Kier molecular flexibility index (Phi) is 3.55. The Bertz CT molecular complexity index is 611. The first-order valence-electron chi connectivity index (χ1n) is 6.02. The van der Waals surface area contributed by atoms with Crippen molar-refractivity contribution >= 4 is 11.8 Å². The molecule has 100 valence electrons.